The molecule has 0 saturated heterocycles. The molecule has 0 radical (unpaired) electrons. The van der Waals surface area contributed by atoms with Crippen molar-refractivity contribution in [2.75, 3.05) is 0 Å². The van der Waals surface area contributed by atoms with Crippen LogP contribution in [0, 0.1) is 0 Å². The number of pyridine rings is 1. The number of carbonyl (C=O) groups is 1. The third-order valence-corrected chi connectivity index (χ3v) is 4.83. The SMILES string of the molecule is O=C([O-])c1cc(-c2ccc(-c3cccc(Cl)c3Cl)o2)nc2ccccc12. The molecule has 0 N–H and O–H groups in total. The monoisotopic (exact) mass is 382 g/mol. The second-order valence-corrected chi connectivity index (χ2v) is 6.41. The van der Waals surface area contributed by atoms with Gasteiger partial charge in [-0.3, -0.25) is 0 Å². The summed E-state index contributed by atoms with van der Waals surface area (Å²) < 4.78 is 5.86. The molecule has 4 rings (SSSR count). The predicted octanol–water partition coefficient (Wildman–Crippen LogP) is 4.83. The van der Waals surface area contributed by atoms with E-state index in [4.69, 9.17) is 27.6 Å². The summed E-state index contributed by atoms with van der Waals surface area (Å²) in [6, 6.07) is 17.1. The third kappa shape index (κ3) is 2.83. The molecule has 2 aromatic heterocycles. The van der Waals surface area contributed by atoms with Crippen molar-refractivity contribution in [1.82, 2.24) is 4.98 Å². The molecule has 2 aromatic carbocycles. The van der Waals surface area contributed by atoms with Crippen LogP contribution in [0.5, 0.6) is 0 Å². The average molecular weight is 383 g/mol. The highest BCUT2D eigenvalue weighted by Gasteiger charge is 2.14. The van der Waals surface area contributed by atoms with E-state index in [0.29, 0.717) is 43.7 Å². The lowest BCUT2D eigenvalue weighted by Gasteiger charge is -2.09. The zero-order valence-corrected chi connectivity index (χ0v) is 14.7. The number of nitrogens with zero attached hydrogens (tertiary/aromatic N) is 1. The summed E-state index contributed by atoms with van der Waals surface area (Å²) >= 11 is 12.3. The minimum Gasteiger partial charge on any atom is -0.545 e. The molecule has 26 heavy (non-hydrogen) atoms. The van der Waals surface area contributed by atoms with Crippen LogP contribution in [0.25, 0.3) is 33.7 Å². The Bertz CT molecular complexity index is 1150. The standard InChI is InChI=1S/C20H11Cl2NO3/c21-14-6-3-5-12(19(14)22)17-8-9-18(26-17)16-10-13(20(24)25)11-4-1-2-7-15(11)23-16/h1-10H,(H,24,25)/p-1. The van der Waals surface area contributed by atoms with Gasteiger partial charge in [0.05, 0.1) is 21.5 Å². The first kappa shape index (κ1) is 16.6. The Morgan fingerprint density at radius 3 is 2.54 bits per heavy atom. The van der Waals surface area contributed by atoms with Gasteiger partial charge in [0, 0.05) is 16.5 Å². The molecule has 0 aliphatic carbocycles. The molecular formula is C20H10Cl2NO3-. The zero-order valence-electron chi connectivity index (χ0n) is 13.2. The Balaban J connectivity index is 1.86. The van der Waals surface area contributed by atoms with Crippen molar-refractivity contribution < 1.29 is 14.3 Å². The molecule has 0 amide bonds. The number of benzene rings is 2. The molecule has 2 heterocycles. The maximum absolute atomic E-state index is 11.5. The number of halogens is 2. The molecule has 0 aliphatic rings. The van der Waals surface area contributed by atoms with Crippen LogP contribution in [0.2, 0.25) is 10.0 Å². The van der Waals surface area contributed by atoms with Crippen LogP contribution in [-0.2, 0) is 0 Å². The van der Waals surface area contributed by atoms with Crippen LogP contribution in [0.3, 0.4) is 0 Å². The van der Waals surface area contributed by atoms with Crippen molar-refractivity contribution >= 4 is 40.1 Å². The second kappa shape index (κ2) is 6.48. The Morgan fingerprint density at radius 1 is 0.962 bits per heavy atom. The first-order chi connectivity index (χ1) is 12.5. The number of para-hydroxylation sites is 1. The average Bonchev–Trinajstić information content (AvgIpc) is 3.13. The zero-order chi connectivity index (χ0) is 18.3. The number of aromatic nitrogens is 1. The fraction of sp³-hybridized carbons (Fsp3) is 0. The van der Waals surface area contributed by atoms with Crippen LogP contribution in [-0.4, -0.2) is 11.0 Å². The van der Waals surface area contributed by atoms with Crippen LogP contribution >= 0.6 is 23.2 Å². The van der Waals surface area contributed by atoms with Crippen LogP contribution in [0.15, 0.2) is 65.1 Å². The van der Waals surface area contributed by atoms with Gasteiger partial charge in [-0.2, -0.15) is 0 Å². The van der Waals surface area contributed by atoms with Crippen molar-refractivity contribution in [2.45, 2.75) is 0 Å². The highest BCUT2D eigenvalue weighted by atomic mass is 35.5. The van der Waals surface area contributed by atoms with Crippen molar-refractivity contribution in [1.29, 1.82) is 0 Å². The molecule has 128 valence electrons. The van der Waals surface area contributed by atoms with Gasteiger partial charge in [0.15, 0.2) is 5.76 Å². The lowest BCUT2D eigenvalue weighted by atomic mass is 10.1. The van der Waals surface area contributed by atoms with Gasteiger partial charge >= 0.3 is 0 Å². The molecular weight excluding hydrogens is 373 g/mol. The van der Waals surface area contributed by atoms with Crippen LogP contribution < -0.4 is 5.11 Å². The van der Waals surface area contributed by atoms with Gasteiger partial charge in [-0.05, 0) is 36.4 Å². The quantitative estimate of drug-likeness (QED) is 0.508. The molecule has 0 saturated carbocycles. The fourth-order valence-corrected chi connectivity index (χ4v) is 3.18. The lowest BCUT2D eigenvalue weighted by molar-refractivity contribution is -0.254. The smallest absolute Gasteiger partial charge is 0.153 e. The summed E-state index contributed by atoms with van der Waals surface area (Å²) in [6.45, 7) is 0. The Labute approximate surface area is 158 Å². The maximum atomic E-state index is 11.5. The lowest BCUT2D eigenvalue weighted by Crippen LogP contribution is -2.22. The highest BCUT2D eigenvalue weighted by molar-refractivity contribution is 6.43. The van der Waals surface area contributed by atoms with E-state index < -0.39 is 5.97 Å². The van der Waals surface area contributed by atoms with Gasteiger partial charge in [-0.15, -0.1) is 0 Å². The first-order valence-electron chi connectivity index (χ1n) is 7.70. The van der Waals surface area contributed by atoms with E-state index in [0.717, 1.165) is 0 Å². The first-order valence-corrected chi connectivity index (χ1v) is 8.46. The molecule has 4 aromatic rings. The summed E-state index contributed by atoms with van der Waals surface area (Å²) in [6.07, 6.45) is 0. The van der Waals surface area contributed by atoms with E-state index in [1.54, 1.807) is 54.6 Å². The Hall–Kier alpha value is -2.82. The van der Waals surface area contributed by atoms with Crippen LogP contribution in [0.4, 0.5) is 0 Å². The third-order valence-electron chi connectivity index (χ3n) is 4.01. The van der Waals surface area contributed by atoms with E-state index >= 15 is 0 Å². The van der Waals surface area contributed by atoms with Crippen molar-refractivity contribution in [3.63, 3.8) is 0 Å². The number of furan rings is 1. The van der Waals surface area contributed by atoms with Crippen molar-refractivity contribution in [3.05, 3.63) is 76.3 Å². The van der Waals surface area contributed by atoms with Gasteiger partial charge in [0.2, 0.25) is 0 Å². The Kier molecular flexibility index (Phi) is 4.15. The molecule has 0 spiro atoms. The van der Waals surface area contributed by atoms with E-state index in [1.165, 1.54) is 6.07 Å². The van der Waals surface area contributed by atoms with Crippen molar-refractivity contribution in [2.24, 2.45) is 0 Å². The number of carbonyl (C=O) groups excluding carboxylic acids is 1. The number of rotatable bonds is 3. The van der Waals surface area contributed by atoms with E-state index in [1.807, 2.05) is 0 Å². The van der Waals surface area contributed by atoms with Gasteiger partial charge in [-0.25, -0.2) is 4.98 Å². The molecule has 4 nitrogen and oxygen atoms in total. The van der Waals surface area contributed by atoms with Gasteiger partial charge in [-0.1, -0.05) is 47.5 Å². The van der Waals surface area contributed by atoms with E-state index in [-0.39, 0.29) is 5.56 Å². The maximum Gasteiger partial charge on any atom is 0.153 e. The van der Waals surface area contributed by atoms with Gasteiger partial charge in [0.1, 0.15) is 11.5 Å². The number of hydrogen-bond acceptors (Lipinski definition) is 4. The molecule has 6 heteroatoms. The Morgan fingerprint density at radius 2 is 1.73 bits per heavy atom. The number of aromatic carboxylic acids is 1. The number of hydrogen-bond donors (Lipinski definition) is 0. The van der Waals surface area contributed by atoms with Crippen molar-refractivity contribution in [3.8, 4) is 22.8 Å². The minimum atomic E-state index is -1.27. The van der Waals surface area contributed by atoms with Gasteiger partial charge < -0.3 is 14.3 Å². The molecule has 0 unspecified atom stereocenters. The number of carboxylic acid groups (broad SMARTS) is 1. The summed E-state index contributed by atoms with van der Waals surface area (Å²) in [4.78, 5) is 16.0. The molecule has 0 aliphatic heterocycles. The highest BCUT2D eigenvalue weighted by Crippen LogP contribution is 2.36. The topological polar surface area (TPSA) is 66.2 Å². The van der Waals surface area contributed by atoms with E-state index in [9.17, 15) is 9.90 Å². The molecule has 0 atom stereocenters. The number of fused-ring (bicyclic) bond motifs is 1. The summed E-state index contributed by atoms with van der Waals surface area (Å²) in [5.74, 6) is -0.337. The summed E-state index contributed by atoms with van der Waals surface area (Å²) in [5.41, 5.74) is 1.64. The molecule has 0 fully saturated rings. The second-order valence-electron chi connectivity index (χ2n) is 5.62. The predicted molar refractivity (Wildman–Crippen MR) is 99.2 cm³/mol. The summed E-state index contributed by atoms with van der Waals surface area (Å²) in [7, 11) is 0. The largest absolute Gasteiger partial charge is 0.545 e. The summed E-state index contributed by atoms with van der Waals surface area (Å²) in [5, 5.41) is 12.8. The van der Waals surface area contributed by atoms with Crippen LogP contribution in [0.1, 0.15) is 10.4 Å². The van der Waals surface area contributed by atoms with Gasteiger partial charge in [0.25, 0.3) is 0 Å². The van der Waals surface area contributed by atoms with E-state index in [2.05, 4.69) is 4.98 Å². The fourth-order valence-electron chi connectivity index (χ4n) is 2.78. The minimum absolute atomic E-state index is 0.0596. The number of carboxylic acids is 1. The molecule has 0 bridgehead atoms. The normalized spacial score (nSPS) is 11.0.